The molecule has 0 saturated carbocycles. The summed E-state index contributed by atoms with van der Waals surface area (Å²) in [7, 11) is 0. The lowest BCUT2D eigenvalue weighted by Gasteiger charge is -2.31. The minimum Gasteiger partial charge on any atom is -0.494 e. The Morgan fingerprint density at radius 3 is 2.82 bits per heavy atom. The third-order valence-corrected chi connectivity index (χ3v) is 3.78. The number of fused-ring (bicyclic) bond motifs is 1. The van der Waals surface area contributed by atoms with E-state index in [1.54, 1.807) is 0 Å². The molecule has 0 aliphatic carbocycles. The Hall–Kier alpha value is -2.36. The fourth-order valence-electron chi connectivity index (χ4n) is 2.64. The average Bonchev–Trinajstić information content (AvgIpc) is 2.55. The fourth-order valence-corrected chi connectivity index (χ4v) is 2.64. The Kier molecular flexibility index (Phi) is 4.68. The zero-order valence-corrected chi connectivity index (χ0v) is 12.7. The van der Waals surface area contributed by atoms with Crippen LogP contribution in [0.15, 0.2) is 48.5 Å². The third-order valence-electron chi connectivity index (χ3n) is 3.78. The SMILES string of the molecule is Nc1ccc2c(c1)OCCN2CCCCOc1ccccc1. The number of para-hydroxylation sites is 1. The van der Waals surface area contributed by atoms with Crippen LogP contribution in [0.1, 0.15) is 12.8 Å². The number of hydrogen-bond donors (Lipinski definition) is 1. The molecule has 0 unspecified atom stereocenters. The normalized spacial score (nSPS) is 13.4. The molecule has 1 aliphatic heterocycles. The summed E-state index contributed by atoms with van der Waals surface area (Å²) in [6, 6.07) is 15.8. The van der Waals surface area contributed by atoms with Crippen molar-refractivity contribution >= 4 is 11.4 Å². The molecule has 0 amide bonds. The van der Waals surface area contributed by atoms with Crippen LogP contribution in [-0.2, 0) is 0 Å². The second-order valence-corrected chi connectivity index (χ2v) is 5.43. The number of nitrogens with two attached hydrogens (primary N) is 1. The van der Waals surface area contributed by atoms with Gasteiger partial charge in [-0.05, 0) is 37.1 Å². The molecule has 1 aliphatic rings. The summed E-state index contributed by atoms with van der Waals surface area (Å²) in [5.74, 6) is 1.83. The van der Waals surface area contributed by atoms with E-state index in [2.05, 4.69) is 4.90 Å². The first-order valence-corrected chi connectivity index (χ1v) is 7.78. The van der Waals surface area contributed by atoms with Crippen molar-refractivity contribution in [1.29, 1.82) is 0 Å². The third kappa shape index (κ3) is 3.64. The zero-order valence-electron chi connectivity index (χ0n) is 12.7. The van der Waals surface area contributed by atoms with E-state index < -0.39 is 0 Å². The molecule has 2 aromatic rings. The van der Waals surface area contributed by atoms with E-state index in [0.29, 0.717) is 0 Å². The Morgan fingerprint density at radius 1 is 1.09 bits per heavy atom. The van der Waals surface area contributed by atoms with Crippen LogP contribution in [0, 0.1) is 0 Å². The maximum absolute atomic E-state index is 5.81. The second kappa shape index (κ2) is 7.07. The number of hydrogen-bond acceptors (Lipinski definition) is 4. The van der Waals surface area contributed by atoms with Crippen LogP contribution >= 0.6 is 0 Å². The lowest BCUT2D eigenvalue weighted by molar-refractivity contribution is 0.297. The maximum Gasteiger partial charge on any atom is 0.144 e. The van der Waals surface area contributed by atoms with Gasteiger partial charge in [-0.3, -0.25) is 0 Å². The van der Waals surface area contributed by atoms with Gasteiger partial charge in [-0.1, -0.05) is 18.2 Å². The number of nitrogens with zero attached hydrogens (tertiary/aromatic N) is 1. The Labute approximate surface area is 131 Å². The van der Waals surface area contributed by atoms with Gasteiger partial charge in [-0.15, -0.1) is 0 Å². The largest absolute Gasteiger partial charge is 0.494 e. The van der Waals surface area contributed by atoms with E-state index in [1.807, 2.05) is 48.5 Å². The molecular formula is C18H22N2O2. The summed E-state index contributed by atoms with van der Waals surface area (Å²) in [4.78, 5) is 2.36. The molecule has 0 fully saturated rings. The molecule has 22 heavy (non-hydrogen) atoms. The van der Waals surface area contributed by atoms with E-state index in [9.17, 15) is 0 Å². The number of benzene rings is 2. The van der Waals surface area contributed by atoms with Crippen molar-refractivity contribution in [3.8, 4) is 11.5 Å². The smallest absolute Gasteiger partial charge is 0.144 e. The number of ether oxygens (including phenoxy) is 2. The van der Waals surface area contributed by atoms with Gasteiger partial charge in [0.25, 0.3) is 0 Å². The monoisotopic (exact) mass is 298 g/mol. The van der Waals surface area contributed by atoms with Gasteiger partial charge in [0, 0.05) is 18.3 Å². The van der Waals surface area contributed by atoms with E-state index >= 15 is 0 Å². The van der Waals surface area contributed by atoms with Gasteiger partial charge in [-0.2, -0.15) is 0 Å². The minimum atomic E-state index is 0.719. The van der Waals surface area contributed by atoms with Crippen LogP contribution in [0.25, 0.3) is 0 Å². The van der Waals surface area contributed by atoms with Crippen LogP contribution in [-0.4, -0.2) is 26.3 Å². The fraction of sp³-hybridized carbons (Fsp3) is 0.333. The molecule has 0 aromatic heterocycles. The molecule has 0 saturated heterocycles. The van der Waals surface area contributed by atoms with Gasteiger partial charge in [0.2, 0.25) is 0 Å². The van der Waals surface area contributed by atoms with Crippen molar-refractivity contribution in [2.24, 2.45) is 0 Å². The predicted octanol–water partition coefficient (Wildman–Crippen LogP) is 3.33. The highest BCUT2D eigenvalue weighted by Gasteiger charge is 2.17. The number of unbranched alkanes of at least 4 members (excludes halogenated alkanes) is 1. The number of nitrogen functional groups attached to an aromatic ring is 1. The highest BCUT2D eigenvalue weighted by molar-refractivity contribution is 5.65. The van der Waals surface area contributed by atoms with Crippen LogP contribution in [0.2, 0.25) is 0 Å². The van der Waals surface area contributed by atoms with Gasteiger partial charge in [0.1, 0.15) is 18.1 Å². The van der Waals surface area contributed by atoms with Gasteiger partial charge in [0.15, 0.2) is 0 Å². The van der Waals surface area contributed by atoms with Crippen LogP contribution in [0.4, 0.5) is 11.4 Å². The molecule has 116 valence electrons. The summed E-state index contributed by atoms with van der Waals surface area (Å²) < 4.78 is 11.4. The average molecular weight is 298 g/mol. The van der Waals surface area contributed by atoms with Crippen molar-refractivity contribution in [3.05, 3.63) is 48.5 Å². The maximum atomic E-state index is 5.81. The van der Waals surface area contributed by atoms with E-state index in [-0.39, 0.29) is 0 Å². The summed E-state index contributed by atoms with van der Waals surface area (Å²) in [6.45, 7) is 3.41. The summed E-state index contributed by atoms with van der Waals surface area (Å²) in [5.41, 5.74) is 7.70. The zero-order chi connectivity index (χ0) is 15.2. The summed E-state index contributed by atoms with van der Waals surface area (Å²) in [6.07, 6.45) is 2.13. The van der Waals surface area contributed by atoms with Crippen molar-refractivity contribution in [2.75, 3.05) is 36.9 Å². The van der Waals surface area contributed by atoms with Crippen LogP contribution in [0.3, 0.4) is 0 Å². The molecule has 4 heteroatoms. The minimum absolute atomic E-state index is 0.719. The van der Waals surface area contributed by atoms with E-state index in [0.717, 1.165) is 62.0 Å². The van der Waals surface area contributed by atoms with Crippen molar-refractivity contribution in [1.82, 2.24) is 0 Å². The van der Waals surface area contributed by atoms with Crippen LogP contribution in [0.5, 0.6) is 11.5 Å². The van der Waals surface area contributed by atoms with Gasteiger partial charge < -0.3 is 20.1 Å². The number of rotatable bonds is 6. The Balaban J connectivity index is 1.45. The van der Waals surface area contributed by atoms with Crippen LogP contribution < -0.4 is 20.1 Å². The standard InChI is InChI=1S/C18H22N2O2/c19-15-8-9-17-18(14-15)22-13-11-20(17)10-4-5-12-21-16-6-2-1-3-7-16/h1-3,6-9,14H,4-5,10-13,19H2. The van der Waals surface area contributed by atoms with Crippen molar-refractivity contribution in [2.45, 2.75) is 12.8 Å². The molecule has 0 radical (unpaired) electrons. The first kappa shape index (κ1) is 14.6. The highest BCUT2D eigenvalue weighted by Crippen LogP contribution is 2.33. The van der Waals surface area contributed by atoms with Gasteiger partial charge >= 0.3 is 0 Å². The lowest BCUT2D eigenvalue weighted by Crippen LogP contribution is -2.33. The summed E-state index contributed by atoms with van der Waals surface area (Å²) in [5, 5.41) is 0. The molecule has 2 N–H and O–H groups in total. The summed E-state index contributed by atoms with van der Waals surface area (Å²) >= 11 is 0. The molecule has 0 bridgehead atoms. The van der Waals surface area contributed by atoms with Crippen molar-refractivity contribution < 1.29 is 9.47 Å². The van der Waals surface area contributed by atoms with Gasteiger partial charge in [-0.25, -0.2) is 0 Å². The molecule has 2 aromatic carbocycles. The first-order valence-electron chi connectivity index (χ1n) is 7.78. The molecule has 0 atom stereocenters. The molecule has 3 rings (SSSR count). The Bertz CT molecular complexity index is 601. The second-order valence-electron chi connectivity index (χ2n) is 5.43. The quantitative estimate of drug-likeness (QED) is 0.656. The number of anilines is 2. The highest BCUT2D eigenvalue weighted by atomic mass is 16.5. The lowest BCUT2D eigenvalue weighted by atomic mass is 10.2. The molecule has 0 spiro atoms. The van der Waals surface area contributed by atoms with E-state index in [4.69, 9.17) is 15.2 Å². The van der Waals surface area contributed by atoms with Crippen molar-refractivity contribution in [3.63, 3.8) is 0 Å². The van der Waals surface area contributed by atoms with E-state index in [1.165, 1.54) is 0 Å². The molecule has 4 nitrogen and oxygen atoms in total. The first-order chi connectivity index (χ1) is 10.8. The molecule has 1 heterocycles. The topological polar surface area (TPSA) is 47.7 Å². The predicted molar refractivity (Wildman–Crippen MR) is 89.7 cm³/mol. The molecular weight excluding hydrogens is 276 g/mol. The Morgan fingerprint density at radius 2 is 1.95 bits per heavy atom. The van der Waals surface area contributed by atoms with Gasteiger partial charge in [0.05, 0.1) is 18.8 Å².